The van der Waals surface area contributed by atoms with Crippen LogP contribution in [0.3, 0.4) is 0 Å². The van der Waals surface area contributed by atoms with Gasteiger partial charge in [0.15, 0.2) is 5.69 Å². The standard InChI is InChI=1S/C16H15F3N4O3/c17-16(18,19)11-5-1-2-6-13(11)23-9-12(20-21-23)14(24)22-7-3-4-10(8-22)15(25)26/h1-2,5-6,9-10H,3-4,7-8H2,(H,25,26)/t10-/m0/s1. The van der Waals surface area contributed by atoms with E-state index in [1.54, 1.807) is 0 Å². The van der Waals surface area contributed by atoms with Crippen LogP contribution in [0.25, 0.3) is 5.69 Å². The molecular formula is C16H15F3N4O3. The number of carboxylic acids is 1. The molecule has 0 bridgehead atoms. The lowest BCUT2D eigenvalue weighted by Gasteiger charge is -2.29. The number of piperidine rings is 1. The molecule has 0 spiro atoms. The van der Waals surface area contributed by atoms with Crippen molar-refractivity contribution in [3.63, 3.8) is 0 Å². The predicted molar refractivity (Wildman–Crippen MR) is 82.6 cm³/mol. The van der Waals surface area contributed by atoms with Gasteiger partial charge in [-0.2, -0.15) is 13.2 Å². The highest BCUT2D eigenvalue weighted by molar-refractivity contribution is 5.92. The van der Waals surface area contributed by atoms with Crippen LogP contribution in [0.5, 0.6) is 0 Å². The van der Waals surface area contributed by atoms with E-state index in [0.717, 1.165) is 16.9 Å². The summed E-state index contributed by atoms with van der Waals surface area (Å²) in [6, 6.07) is 4.83. The number of hydrogen-bond acceptors (Lipinski definition) is 4. The molecule has 1 aliphatic rings. The third-order valence-electron chi connectivity index (χ3n) is 4.23. The third-order valence-corrected chi connectivity index (χ3v) is 4.23. The molecule has 3 rings (SSSR count). The zero-order valence-electron chi connectivity index (χ0n) is 13.5. The van der Waals surface area contributed by atoms with Gasteiger partial charge in [-0.25, -0.2) is 4.68 Å². The van der Waals surface area contributed by atoms with E-state index in [0.29, 0.717) is 19.4 Å². The minimum absolute atomic E-state index is 0.0418. The molecule has 0 radical (unpaired) electrons. The number of alkyl halides is 3. The van der Waals surface area contributed by atoms with Crippen LogP contribution in [0.1, 0.15) is 28.9 Å². The summed E-state index contributed by atoms with van der Waals surface area (Å²) >= 11 is 0. The van der Waals surface area contributed by atoms with Gasteiger partial charge in [-0.1, -0.05) is 17.3 Å². The van der Waals surface area contributed by atoms with Crippen molar-refractivity contribution >= 4 is 11.9 Å². The largest absolute Gasteiger partial charge is 0.481 e. The van der Waals surface area contributed by atoms with Gasteiger partial charge in [0, 0.05) is 13.1 Å². The number of aliphatic carboxylic acids is 1. The molecule has 0 aliphatic carbocycles. The van der Waals surface area contributed by atoms with E-state index in [4.69, 9.17) is 5.11 Å². The predicted octanol–water partition coefficient (Wildman–Crippen LogP) is 2.22. The molecule has 1 amide bonds. The third kappa shape index (κ3) is 3.53. The Morgan fingerprint density at radius 3 is 2.65 bits per heavy atom. The lowest BCUT2D eigenvalue weighted by molar-refractivity contribution is -0.143. The molecule has 1 fully saturated rings. The smallest absolute Gasteiger partial charge is 0.418 e. The van der Waals surface area contributed by atoms with Crippen molar-refractivity contribution in [1.29, 1.82) is 0 Å². The van der Waals surface area contributed by atoms with Gasteiger partial charge in [0.1, 0.15) is 0 Å². The van der Waals surface area contributed by atoms with Crippen LogP contribution in [-0.4, -0.2) is 50.0 Å². The maximum Gasteiger partial charge on any atom is 0.418 e. The van der Waals surface area contributed by atoms with Crippen molar-refractivity contribution in [1.82, 2.24) is 19.9 Å². The van der Waals surface area contributed by atoms with Gasteiger partial charge in [0.2, 0.25) is 0 Å². The summed E-state index contributed by atoms with van der Waals surface area (Å²) in [5.74, 6) is -2.19. The zero-order valence-corrected chi connectivity index (χ0v) is 13.5. The Kier molecular flexibility index (Phi) is 4.66. The average molecular weight is 368 g/mol. The summed E-state index contributed by atoms with van der Waals surface area (Å²) in [5.41, 5.74) is -1.27. The van der Waals surface area contributed by atoms with Gasteiger partial charge in [0.25, 0.3) is 5.91 Å². The summed E-state index contributed by atoms with van der Waals surface area (Å²) in [6.45, 7) is 0.411. The molecule has 0 unspecified atom stereocenters. The highest BCUT2D eigenvalue weighted by atomic mass is 19.4. The number of amides is 1. The molecule has 1 aliphatic heterocycles. The second kappa shape index (κ2) is 6.77. The Morgan fingerprint density at radius 1 is 1.23 bits per heavy atom. The molecular weight excluding hydrogens is 353 g/mol. The molecule has 2 heterocycles. The summed E-state index contributed by atoms with van der Waals surface area (Å²) in [7, 11) is 0. The highest BCUT2D eigenvalue weighted by Gasteiger charge is 2.34. The highest BCUT2D eigenvalue weighted by Crippen LogP contribution is 2.33. The molecule has 7 nitrogen and oxygen atoms in total. The Bertz CT molecular complexity index is 834. The minimum Gasteiger partial charge on any atom is -0.481 e. The minimum atomic E-state index is -4.58. The maximum absolute atomic E-state index is 13.1. The number of aromatic nitrogens is 3. The molecule has 138 valence electrons. The number of benzene rings is 1. The molecule has 0 saturated carbocycles. The maximum atomic E-state index is 13.1. The van der Waals surface area contributed by atoms with E-state index in [1.165, 1.54) is 23.1 Å². The number of para-hydroxylation sites is 1. The Balaban J connectivity index is 1.85. The number of hydrogen-bond donors (Lipinski definition) is 1. The van der Waals surface area contributed by atoms with Crippen LogP contribution in [0.2, 0.25) is 0 Å². The van der Waals surface area contributed by atoms with Gasteiger partial charge >= 0.3 is 12.1 Å². The van der Waals surface area contributed by atoms with Crippen LogP contribution in [0, 0.1) is 5.92 Å². The average Bonchev–Trinajstić information content (AvgIpc) is 3.10. The van der Waals surface area contributed by atoms with Crippen molar-refractivity contribution in [2.24, 2.45) is 5.92 Å². The topological polar surface area (TPSA) is 88.3 Å². The molecule has 2 aromatic rings. The lowest BCUT2D eigenvalue weighted by atomic mass is 9.98. The number of rotatable bonds is 3. The lowest BCUT2D eigenvalue weighted by Crippen LogP contribution is -2.42. The molecule has 10 heteroatoms. The second-order valence-corrected chi connectivity index (χ2v) is 5.99. The van der Waals surface area contributed by atoms with E-state index < -0.39 is 29.5 Å². The fraction of sp³-hybridized carbons (Fsp3) is 0.375. The number of likely N-dealkylation sites (tertiary alicyclic amines) is 1. The van der Waals surface area contributed by atoms with Crippen molar-refractivity contribution in [3.05, 3.63) is 41.7 Å². The Morgan fingerprint density at radius 2 is 1.96 bits per heavy atom. The fourth-order valence-electron chi connectivity index (χ4n) is 2.92. The Labute approximate surface area is 146 Å². The van der Waals surface area contributed by atoms with Crippen molar-refractivity contribution in [2.45, 2.75) is 19.0 Å². The first-order valence-corrected chi connectivity index (χ1v) is 7.88. The van der Waals surface area contributed by atoms with Gasteiger partial charge in [-0.3, -0.25) is 9.59 Å². The summed E-state index contributed by atoms with van der Waals surface area (Å²) in [6.07, 6.45) is -2.44. The number of nitrogens with zero attached hydrogens (tertiary/aromatic N) is 4. The summed E-state index contributed by atoms with van der Waals surface area (Å²) in [5, 5.41) is 16.4. The van der Waals surface area contributed by atoms with E-state index in [-0.39, 0.29) is 17.9 Å². The van der Waals surface area contributed by atoms with Gasteiger partial charge in [-0.15, -0.1) is 5.10 Å². The quantitative estimate of drug-likeness (QED) is 0.898. The summed E-state index contributed by atoms with van der Waals surface area (Å²) in [4.78, 5) is 24.9. The molecule has 1 aromatic heterocycles. The zero-order chi connectivity index (χ0) is 18.9. The normalized spacial score (nSPS) is 18.0. The molecule has 1 aromatic carbocycles. The van der Waals surface area contributed by atoms with E-state index in [2.05, 4.69) is 10.3 Å². The Hall–Kier alpha value is -2.91. The van der Waals surface area contributed by atoms with E-state index in [1.807, 2.05) is 0 Å². The number of carbonyl (C=O) groups is 2. The van der Waals surface area contributed by atoms with Gasteiger partial charge in [0.05, 0.1) is 23.4 Å². The molecule has 26 heavy (non-hydrogen) atoms. The fourth-order valence-corrected chi connectivity index (χ4v) is 2.92. The monoisotopic (exact) mass is 368 g/mol. The van der Waals surface area contributed by atoms with Crippen molar-refractivity contribution < 1.29 is 27.9 Å². The first kappa shape index (κ1) is 17.9. The van der Waals surface area contributed by atoms with Crippen LogP contribution < -0.4 is 0 Å². The van der Waals surface area contributed by atoms with E-state index in [9.17, 15) is 22.8 Å². The number of carbonyl (C=O) groups excluding carboxylic acids is 1. The second-order valence-electron chi connectivity index (χ2n) is 5.99. The molecule has 1 saturated heterocycles. The van der Waals surface area contributed by atoms with Crippen molar-refractivity contribution in [3.8, 4) is 5.69 Å². The van der Waals surface area contributed by atoms with Gasteiger partial charge < -0.3 is 10.0 Å². The van der Waals surface area contributed by atoms with Gasteiger partial charge in [-0.05, 0) is 25.0 Å². The van der Waals surface area contributed by atoms with Crippen LogP contribution >= 0.6 is 0 Å². The van der Waals surface area contributed by atoms with E-state index >= 15 is 0 Å². The van der Waals surface area contributed by atoms with Crippen LogP contribution in [-0.2, 0) is 11.0 Å². The van der Waals surface area contributed by atoms with Crippen LogP contribution in [0.15, 0.2) is 30.5 Å². The van der Waals surface area contributed by atoms with Crippen molar-refractivity contribution in [2.75, 3.05) is 13.1 Å². The SMILES string of the molecule is O=C(O)[C@H]1CCCN(C(=O)c2cn(-c3ccccc3C(F)(F)F)nn2)C1. The van der Waals surface area contributed by atoms with Crippen LogP contribution in [0.4, 0.5) is 13.2 Å². The summed E-state index contributed by atoms with van der Waals surface area (Å²) < 4.78 is 40.2. The molecule has 1 atom stereocenters. The molecule has 1 N–H and O–H groups in total. The number of carboxylic acid groups (broad SMARTS) is 1. The number of halogens is 3. The first-order chi connectivity index (χ1) is 12.3. The first-order valence-electron chi connectivity index (χ1n) is 7.88.